The quantitative estimate of drug-likeness (QED) is 0.924. The third-order valence-electron chi connectivity index (χ3n) is 5.23. The summed E-state index contributed by atoms with van der Waals surface area (Å²) >= 11 is 0. The molecule has 3 heterocycles. The van der Waals surface area contributed by atoms with E-state index < -0.39 is 0 Å². The molecule has 2 fully saturated rings. The third kappa shape index (κ3) is 3.63. The summed E-state index contributed by atoms with van der Waals surface area (Å²) in [4.78, 5) is 11.6. The number of rotatable bonds is 3. The van der Waals surface area contributed by atoms with Gasteiger partial charge in [-0.1, -0.05) is 6.92 Å². The molecule has 1 aliphatic heterocycles. The van der Waals surface area contributed by atoms with Crippen LogP contribution in [0.4, 0.5) is 11.5 Å². The van der Waals surface area contributed by atoms with Gasteiger partial charge in [0, 0.05) is 19.2 Å². The van der Waals surface area contributed by atoms with E-state index in [1.807, 2.05) is 12.1 Å². The number of pyridine rings is 2. The van der Waals surface area contributed by atoms with E-state index in [9.17, 15) is 0 Å². The zero-order valence-electron chi connectivity index (χ0n) is 14.8. The monoisotopic (exact) mass is 342 g/mol. The molecule has 0 atom stereocenters. The van der Waals surface area contributed by atoms with Crippen molar-refractivity contribution in [2.45, 2.75) is 38.7 Å². The van der Waals surface area contributed by atoms with Gasteiger partial charge in [-0.15, -0.1) is 0 Å². The lowest BCUT2D eigenvalue weighted by molar-refractivity contribution is 0.121. The molecule has 0 amide bonds. The predicted octanol–water partition coefficient (Wildman–Crippen LogP) is 3.01. The van der Waals surface area contributed by atoms with Crippen LogP contribution in [0.15, 0.2) is 18.3 Å². The molecule has 0 aromatic carbocycles. The molecule has 134 valence electrons. The molecule has 1 saturated carbocycles. The molecule has 0 bridgehead atoms. The van der Waals surface area contributed by atoms with E-state index in [1.165, 1.54) is 12.8 Å². The van der Waals surface area contributed by atoms with Gasteiger partial charge in [0.2, 0.25) is 5.88 Å². The molecule has 1 saturated heterocycles. The molecule has 25 heavy (non-hydrogen) atoms. The molecule has 1 aliphatic carbocycles. The Bertz CT molecular complexity index is 738. The van der Waals surface area contributed by atoms with Gasteiger partial charge >= 0.3 is 0 Å². The Kier molecular flexibility index (Phi) is 4.61. The van der Waals surface area contributed by atoms with Crippen molar-refractivity contribution in [2.24, 2.45) is 5.92 Å². The summed E-state index contributed by atoms with van der Waals surface area (Å²) in [5.41, 5.74) is 7.47. The molecule has 4 rings (SSSR count). The van der Waals surface area contributed by atoms with Crippen LogP contribution in [0.5, 0.6) is 5.88 Å². The molecule has 0 spiro atoms. The van der Waals surface area contributed by atoms with E-state index in [-0.39, 0.29) is 6.10 Å². The molecular formula is C19H26N4O2. The zero-order valence-corrected chi connectivity index (χ0v) is 14.8. The molecule has 2 N–H and O–H groups in total. The topological polar surface area (TPSA) is 73.5 Å². The normalized spacial score (nSPS) is 24.4. The maximum atomic E-state index is 6.34. The van der Waals surface area contributed by atoms with Crippen molar-refractivity contribution < 1.29 is 9.47 Å². The second-order valence-corrected chi connectivity index (χ2v) is 7.22. The molecule has 2 aliphatic rings. The number of hydrogen-bond acceptors (Lipinski definition) is 6. The van der Waals surface area contributed by atoms with E-state index in [0.29, 0.717) is 11.6 Å². The van der Waals surface area contributed by atoms with Gasteiger partial charge in [-0.2, -0.15) is 4.98 Å². The average molecular weight is 342 g/mol. The maximum Gasteiger partial charge on any atom is 0.225 e. The first-order chi connectivity index (χ1) is 12.2. The van der Waals surface area contributed by atoms with Crippen LogP contribution >= 0.6 is 0 Å². The smallest absolute Gasteiger partial charge is 0.225 e. The predicted molar refractivity (Wildman–Crippen MR) is 99.0 cm³/mol. The van der Waals surface area contributed by atoms with Crippen LogP contribution in [0, 0.1) is 5.92 Å². The van der Waals surface area contributed by atoms with Gasteiger partial charge in [-0.3, -0.25) is 4.98 Å². The lowest BCUT2D eigenvalue weighted by Crippen LogP contribution is -2.36. The summed E-state index contributed by atoms with van der Waals surface area (Å²) in [6.45, 7) is 5.45. The van der Waals surface area contributed by atoms with Crippen molar-refractivity contribution in [2.75, 3.05) is 36.9 Å². The molecule has 2 aromatic rings. The Labute approximate surface area is 148 Å². The van der Waals surface area contributed by atoms with Gasteiger partial charge in [-0.05, 0) is 37.7 Å². The van der Waals surface area contributed by atoms with Crippen LogP contribution in [-0.4, -0.2) is 42.4 Å². The van der Waals surface area contributed by atoms with Crippen molar-refractivity contribution in [3.05, 3.63) is 18.3 Å². The number of ether oxygens (including phenoxy) is 2. The molecule has 0 unspecified atom stereocenters. The fraction of sp³-hybridized carbons (Fsp3) is 0.579. The van der Waals surface area contributed by atoms with Gasteiger partial charge < -0.3 is 20.1 Å². The minimum atomic E-state index is 0.230. The lowest BCUT2D eigenvalue weighted by atomic mass is 9.89. The second-order valence-electron chi connectivity index (χ2n) is 7.22. The van der Waals surface area contributed by atoms with Crippen LogP contribution in [0.3, 0.4) is 0 Å². The summed E-state index contributed by atoms with van der Waals surface area (Å²) in [7, 11) is 0. The van der Waals surface area contributed by atoms with Gasteiger partial charge in [0.25, 0.3) is 0 Å². The first-order valence-electron chi connectivity index (χ1n) is 9.24. The standard InChI is InChI=1S/C19H26N4O2/c1-13-2-4-15(5-3-13)25-19-16-10-14(20)12-21-17(16)11-18(22-19)23-6-8-24-9-7-23/h10-13,15H,2-9,20H2,1H3. The minimum absolute atomic E-state index is 0.230. The third-order valence-corrected chi connectivity index (χ3v) is 5.23. The first-order valence-corrected chi connectivity index (χ1v) is 9.24. The van der Waals surface area contributed by atoms with Crippen LogP contribution < -0.4 is 15.4 Å². The number of nitrogens with zero attached hydrogens (tertiary/aromatic N) is 3. The average Bonchev–Trinajstić information content (AvgIpc) is 2.64. The van der Waals surface area contributed by atoms with Crippen molar-refractivity contribution in [3.63, 3.8) is 0 Å². The minimum Gasteiger partial charge on any atom is -0.474 e. The number of aromatic nitrogens is 2. The highest BCUT2D eigenvalue weighted by molar-refractivity contribution is 5.88. The number of hydrogen-bond donors (Lipinski definition) is 1. The van der Waals surface area contributed by atoms with Gasteiger partial charge in [0.15, 0.2) is 0 Å². The van der Waals surface area contributed by atoms with Crippen LogP contribution in [0.25, 0.3) is 10.9 Å². The SMILES string of the molecule is CC1CCC(Oc2nc(N3CCOCC3)cc3ncc(N)cc23)CC1. The number of nitrogens with two attached hydrogens (primary N) is 1. The van der Waals surface area contributed by atoms with Gasteiger partial charge in [0.1, 0.15) is 11.9 Å². The largest absolute Gasteiger partial charge is 0.474 e. The zero-order chi connectivity index (χ0) is 17.2. The van der Waals surface area contributed by atoms with E-state index in [0.717, 1.165) is 61.8 Å². The van der Waals surface area contributed by atoms with E-state index >= 15 is 0 Å². The molecule has 6 nitrogen and oxygen atoms in total. The lowest BCUT2D eigenvalue weighted by Gasteiger charge is -2.30. The van der Waals surface area contributed by atoms with E-state index in [2.05, 4.69) is 16.8 Å². The van der Waals surface area contributed by atoms with E-state index in [1.54, 1.807) is 6.20 Å². The fourth-order valence-electron chi connectivity index (χ4n) is 3.65. The maximum absolute atomic E-state index is 6.34. The van der Waals surface area contributed by atoms with Crippen molar-refractivity contribution >= 4 is 22.4 Å². The number of fused-ring (bicyclic) bond motifs is 1. The van der Waals surface area contributed by atoms with Crippen LogP contribution in [0.2, 0.25) is 0 Å². The summed E-state index contributed by atoms with van der Waals surface area (Å²) in [6, 6.07) is 3.94. The highest BCUT2D eigenvalue weighted by Gasteiger charge is 2.22. The highest BCUT2D eigenvalue weighted by atomic mass is 16.5. The number of anilines is 2. The number of nitrogen functional groups attached to an aromatic ring is 1. The summed E-state index contributed by atoms with van der Waals surface area (Å²) in [6.07, 6.45) is 6.52. The fourth-order valence-corrected chi connectivity index (χ4v) is 3.65. The summed E-state index contributed by atoms with van der Waals surface area (Å²) < 4.78 is 11.8. The molecule has 2 aromatic heterocycles. The Morgan fingerprint density at radius 3 is 2.68 bits per heavy atom. The summed E-state index contributed by atoms with van der Waals surface area (Å²) in [5, 5.41) is 0.899. The molecular weight excluding hydrogens is 316 g/mol. The van der Waals surface area contributed by atoms with Crippen LogP contribution in [-0.2, 0) is 4.74 Å². The Balaban J connectivity index is 1.67. The second kappa shape index (κ2) is 7.04. The van der Waals surface area contributed by atoms with Gasteiger partial charge in [-0.25, -0.2) is 0 Å². The van der Waals surface area contributed by atoms with Gasteiger partial charge in [0.05, 0.1) is 36.0 Å². The Morgan fingerprint density at radius 2 is 1.92 bits per heavy atom. The molecule has 6 heteroatoms. The summed E-state index contributed by atoms with van der Waals surface area (Å²) in [5.74, 6) is 2.37. The highest BCUT2D eigenvalue weighted by Crippen LogP contribution is 2.32. The van der Waals surface area contributed by atoms with E-state index in [4.69, 9.17) is 20.2 Å². The Hall–Kier alpha value is -2.08. The first kappa shape index (κ1) is 16.4. The number of morpholine rings is 1. The van der Waals surface area contributed by atoms with Crippen molar-refractivity contribution in [3.8, 4) is 5.88 Å². The molecule has 0 radical (unpaired) electrons. The van der Waals surface area contributed by atoms with Crippen molar-refractivity contribution in [1.82, 2.24) is 9.97 Å². The van der Waals surface area contributed by atoms with Crippen LogP contribution in [0.1, 0.15) is 32.6 Å². The Morgan fingerprint density at radius 1 is 1.16 bits per heavy atom. The van der Waals surface area contributed by atoms with Crippen molar-refractivity contribution in [1.29, 1.82) is 0 Å².